The number of hydrogen-bond acceptors (Lipinski definition) is 4. The molecular weight excluding hydrogens is 278 g/mol. The number of carbonyl (C=O) groups is 2. The number of ether oxygens (including phenoxy) is 1. The minimum absolute atomic E-state index is 0.0376. The standard InChI is InChI=1S/C14H17NO4S/c1-19-10-4-2-3-9(5-10)12(7-14(17)18)15-8-11(20)6-13(15)16/h2-5,11-12,20H,6-8H2,1H3,(H,17,18). The molecular formula is C14H17NO4S. The van der Waals surface area contributed by atoms with E-state index in [0.29, 0.717) is 18.7 Å². The Morgan fingerprint density at radius 2 is 2.35 bits per heavy atom. The summed E-state index contributed by atoms with van der Waals surface area (Å²) in [5, 5.41) is 9.06. The van der Waals surface area contributed by atoms with Crippen molar-refractivity contribution in [1.29, 1.82) is 0 Å². The zero-order chi connectivity index (χ0) is 14.7. The number of likely N-dealkylation sites (tertiary alicyclic amines) is 1. The lowest BCUT2D eigenvalue weighted by Gasteiger charge is -2.27. The van der Waals surface area contributed by atoms with Crippen molar-refractivity contribution in [2.45, 2.75) is 24.1 Å². The molecule has 0 bridgehead atoms. The fourth-order valence-corrected chi connectivity index (χ4v) is 2.77. The van der Waals surface area contributed by atoms with Gasteiger partial charge in [-0.05, 0) is 17.7 Å². The van der Waals surface area contributed by atoms with E-state index in [0.717, 1.165) is 5.56 Å². The summed E-state index contributed by atoms with van der Waals surface area (Å²) in [5.74, 6) is -0.348. The molecule has 20 heavy (non-hydrogen) atoms. The third-order valence-corrected chi connectivity index (χ3v) is 3.71. The summed E-state index contributed by atoms with van der Waals surface area (Å²) < 4.78 is 5.15. The Kier molecular flexibility index (Phi) is 4.54. The second-order valence-electron chi connectivity index (χ2n) is 4.79. The van der Waals surface area contributed by atoms with Gasteiger partial charge >= 0.3 is 5.97 Å². The fraction of sp³-hybridized carbons (Fsp3) is 0.429. The van der Waals surface area contributed by atoms with Crippen LogP contribution in [0.15, 0.2) is 24.3 Å². The van der Waals surface area contributed by atoms with E-state index in [1.54, 1.807) is 30.2 Å². The van der Waals surface area contributed by atoms with Crippen molar-refractivity contribution in [3.05, 3.63) is 29.8 Å². The Morgan fingerprint density at radius 3 is 2.90 bits per heavy atom. The smallest absolute Gasteiger partial charge is 0.305 e. The van der Waals surface area contributed by atoms with Crippen molar-refractivity contribution in [2.24, 2.45) is 0 Å². The lowest BCUT2D eigenvalue weighted by Crippen LogP contribution is -2.32. The van der Waals surface area contributed by atoms with Gasteiger partial charge < -0.3 is 14.7 Å². The highest BCUT2D eigenvalue weighted by molar-refractivity contribution is 7.81. The molecule has 5 nitrogen and oxygen atoms in total. The summed E-state index contributed by atoms with van der Waals surface area (Å²) in [6, 6.07) is 6.69. The summed E-state index contributed by atoms with van der Waals surface area (Å²) in [4.78, 5) is 24.7. The summed E-state index contributed by atoms with van der Waals surface area (Å²) >= 11 is 4.31. The second-order valence-corrected chi connectivity index (χ2v) is 5.52. The van der Waals surface area contributed by atoms with Crippen molar-refractivity contribution >= 4 is 24.5 Å². The van der Waals surface area contributed by atoms with Gasteiger partial charge in [0, 0.05) is 18.2 Å². The van der Waals surface area contributed by atoms with Gasteiger partial charge in [-0.25, -0.2) is 0 Å². The van der Waals surface area contributed by atoms with Crippen molar-refractivity contribution in [3.63, 3.8) is 0 Å². The predicted octanol–water partition coefficient (Wildman–Crippen LogP) is 1.74. The highest BCUT2D eigenvalue weighted by Crippen LogP contribution is 2.32. The summed E-state index contributed by atoms with van der Waals surface area (Å²) in [6.07, 6.45) is 0.225. The average Bonchev–Trinajstić information content (AvgIpc) is 2.74. The number of methoxy groups -OCH3 is 1. The molecule has 1 fully saturated rings. The summed E-state index contributed by atoms with van der Waals surface area (Å²) in [6.45, 7) is 0.469. The van der Waals surface area contributed by atoms with Gasteiger partial charge in [0.05, 0.1) is 19.6 Å². The van der Waals surface area contributed by atoms with Crippen LogP contribution in [0.1, 0.15) is 24.4 Å². The van der Waals surface area contributed by atoms with E-state index in [4.69, 9.17) is 9.84 Å². The van der Waals surface area contributed by atoms with Gasteiger partial charge in [-0.1, -0.05) is 12.1 Å². The van der Waals surface area contributed by atoms with Crippen LogP contribution in [-0.2, 0) is 9.59 Å². The van der Waals surface area contributed by atoms with Crippen molar-refractivity contribution in [3.8, 4) is 5.75 Å². The molecule has 2 atom stereocenters. The first kappa shape index (κ1) is 14.7. The molecule has 1 saturated heterocycles. The molecule has 0 spiro atoms. The summed E-state index contributed by atoms with van der Waals surface area (Å²) in [7, 11) is 1.55. The molecule has 2 rings (SSSR count). The van der Waals surface area contributed by atoms with E-state index in [9.17, 15) is 9.59 Å². The van der Waals surface area contributed by atoms with Crippen LogP contribution in [0.3, 0.4) is 0 Å². The maximum Gasteiger partial charge on any atom is 0.305 e. The van der Waals surface area contributed by atoms with Crippen LogP contribution in [0.25, 0.3) is 0 Å². The van der Waals surface area contributed by atoms with Gasteiger partial charge in [-0.15, -0.1) is 0 Å². The van der Waals surface area contributed by atoms with Crippen molar-refractivity contribution < 1.29 is 19.4 Å². The van der Waals surface area contributed by atoms with Crippen LogP contribution in [-0.4, -0.2) is 40.8 Å². The number of carbonyl (C=O) groups excluding carboxylic acids is 1. The zero-order valence-electron chi connectivity index (χ0n) is 11.2. The van der Waals surface area contributed by atoms with E-state index in [-0.39, 0.29) is 17.6 Å². The predicted molar refractivity (Wildman–Crippen MR) is 77.1 cm³/mol. The highest BCUT2D eigenvalue weighted by Gasteiger charge is 2.34. The van der Waals surface area contributed by atoms with Gasteiger partial charge in [-0.3, -0.25) is 9.59 Å². The Morgan fingerprint density at radius 1 is 1.60 bits per heavy atom. The van der Waals surface area contributed by atoms with Crippen molar-refractivity contribution in [1.82, 2.24) is 4.90 Å². The van der Waals surface area contributed by atoms with Crippen LogP contribution in [0.5, 0.6) is 5.75 Å². The van der Waals surface area contributed by atoms with E-state index in [1.807, 2.05) is 6.07 Å². The number of aliphatic carboxylic acids is 1. The van der Waals surface area contributed by atoms with E-state index in [2.05, 4.69) is 12.6 Å². The third kappa shape index (κ3) is 3.25. The number of nitrogens with zero attached hydrogens (tertiary/aromatic N) is 1. The molecule has 0 aromatic heterocycles. The van der Waals surface area contributed by atoms with E-state index < -0.39 is 12.0 Å². The molecule has 1 heterocycles. The monoisotopic (exact) mass is 295 g/mol. The number of carboxylic acids is 1. The molecule has 6 heteroatoms. The molecule has 0 aliphatic carbocycles. The Balaban J connectivity index is 2.31. The number of carboxylic acid groups (broad SMARTS) is 1. The highest BCUT2D eigenvalue weighted by atomic mass is 32.1. The van der Waals surface area contributed by atoms with Gasteiger partial charge in [0.25, 0.3) is 0 Å². The molecule has 2 unspecified atom stereocenters. The number of hydrogen-bond donors (Lipinski definition) is 2. The molecule has 1 aliphatic heterocycles. The number of benzene rings is 1. The number of thiol groups is 1. The molecule has 0 saturated carbocycles. The SMILES string of the molecule is COc1cccc(C(CC(=O)O)N2CC(S)CC2=O)c1. The summed E-state index contributed by atoms with van der Waals surface area (Å²) in [5.41, 5.74) is 0.766. The quantitative estimate of drug-likeness (QED) is 0.812. The molecule has 1 N–H and O–H groups in total. The van der Waals surface area contributed by atoms with Gasteiger partial charge in [0.15, 0.2) is 0 Å². The van der Waals surface area contributed by atoms with Crippen molar-refractivity contribution in [2.75, 3.05) is 13.7 Å². The molecule has 1 amide bonds. The Hall–Kier alpha value is -1.69. The van der Waals surface area contributed by atoms with E-state index in [1.165, 1.54) is 0 Å². The van der Waals surface area contributed by atoms with Gasteiger partial charge in [0.1, 0.15) is 5.75 Å². The number of amides is 1. The Labute approximate surface area is 122 Å². The van der Waals surface area contributed by atoms with Crippen LogP contribution < -0.4 is 4.74 Å². The van der Waals surface area contributed by atoms with Gasteiger partial charge in [0.2, 0.25) is 5.91 Å². The minimum atomic E-state index is -0.937. The maximum atomic E-state index is 12.0. The first-order valence-corrected chi connectivity index (χ1v) is 6.86. The van der Waals surface area contributed by atoms with E-state index >= 15 is 0 Å². The lowest BCUT2D eigenvalue weighted by atomic mass is 10.0. The van der Waals surface area contributed by atoms with Crippen LogP contribution in [0.4, 0.5) is 0 Å². The maximum absolute atomic E-state index is 12.0. The molecule has 1 aromatic rings. The topological polar surface area (TPSA) is 66.8 Å². The molecule has 1 aliphatic rings. The Bertz CT molecular complexity index is 520. The molecule has 1 aromatic carbocycles. The fourth-order valence-electron chi connectivity index (χ4n) is 2.44. The normalized spacial score (nSPS) is 20.0. The van der Waals surface area contributed by atoms with Crippen LogP contribution in [0.2, 0.25) is 0 Å². The average molecular weight is 295 g/mol. The second kappa shape index (κ2) is 6.17. The number of rotatable bonds is 5. The molecule has 108 valence electrons. The third-order valence-electron chi connectivity index (χ3n) is 3.36. The molecule has 0 radical (unpaired) electrons. The minimum Gasteiger partial charge on any atom is -0.497 e. The van der Waals surface area contributed by atoms with Crippen LogP contribution >= 0.6 is 12.6 Å². The van der Waals surface area contributed by atoms with Gasteiger partial charge in [-0.2, -0.15) is 12.6 Å². The first-order chi connectivity index (χ1) is 9.51. The lowest BCUT2D eigenvalue weighted by molar-refractivity contribution is -0.139. The first-order valence-electron chi connectivity index (χ1n) is 6.34. The zero-order valence-corrected chi connectivity index (χ0v) is 12.0. The van der Waals surface area contributed by atoms with Crippen LogP contribution in [0, 0.1) is 0 Å². The largest absolute Gasteiger partial charge is 0.497 e.